The van der Waals surface area contributed by atoms with Crippen molar-refractivity contribution >= 4 is 28.8 Å². The van der Waals surface area contributed by atoms with Crippen molar-refractivity contribution in [1.29, 1.82) is 0 Å². The summed E-state index contributed by atoms with van der Waals surface area (Å²) in [4.78, 5) is 28.2. The fraction of sp³-hybridized carbons (Fsp3) is 0.478. The van der Waals surface area contributed by atoms with Crippen LogP contribution in [0.1, 0.15) is 45.6 Å². The van der Waals surface area contributed by atoms with Gasteiger partial charge in [-0.25, -0.2) is 4.79 Å². The molecule has 1 saturated heterocycles. The lowest BCUT2D eigenvalue weighted by molar-refractivity contribution is -0.179. The summed E-state index contributed by atoms with van der Waals surface area (Å²) in [6.45, 7) is 6.76. The number of carbonyl (C=O) groups is 2. The van der Waals surface area contributed by atoms with Gasteiger partial charge < -0.3 is 9.64 Å². The average Bonchev–Trinajstić information content (AvgIpc) is 3.19. The zero-order valence-electron chi connectivity index (χ0n) is 16.9. The normalized spacial score (nSPS) is 22.4. The minimum absolute atomic E-state index is 0.0347. The van der Waals surface area contributed by atoms with Crippen LogP contribution in [0, 0.1) is 5.92 Å². The van der Waals surface area contributed by atoms with E-state index in [9.17, 15) is 9.59 Å². The Morgan fingerprint density at radius 2 is 1.96 bits per heavy atom. The molecular weight excluding hydrogens is 370 g/mol. The van der Waals surface area contributed by atoms with E-state index in [0.717, 1.165) is 18.5 Å². The lowest BCUT2D eigenvalue weighted by Gasteiger charge is -2.44. The molecule has 0 aliphatic carbocycles. The maximum Gasteiger partial charge on any atom is 0.337 e. The van der Waals surface area contributed by atoms with Crippen LogP contribution in [0.15, 0.2) is 47.2 Å². The maximum atomic E-state index is 13.2. The first kappa shape index (κ1) is 20.6. The molecule has 1 fully saturated rings. The van der Waals surface area contributed by atoms with Crippen LogP contribution in [-0.4, -0.2) is 29.9 Å². The third kappa shape index (κ3) is 4.30. The van der Waals surface area contributed by atoms with Gasteiger partial charge in [0.1, 0.15) is 5.60 Å². The molecule has 2 atom stereocenters. The Morgan fingerprint density at radius 1 is 1.21 bits per heavy atom. The smallest absolute Gasteiger partial charge is 0.337 e. The van der Waals surface area contributed by atoms with Crippen molar-refractivity contribution in [3.63, 3.8) is 0 Å². The van der Waals surface area contributed by atoms with Gasteiger partial charge >= 0.3 is 5.97 Å². The van der Waals surface area contributed by atoms with Crippen molar-refractivity contribution in [3.8, 4) is 0 Å². The topological polar surface area (TPSA) is 46.6 Å². The summed E-state index contributed by atoms with van der Waals surface area (Å²) in [5.41, 5.74) is 1.39. The minimum atomic E-state index is -0.852. The van der Waals surface area contributed by atoms with Crippen molar-refractivity contribution in [1.82, 2.24) is 0 Å². The Labute approximate surface area is 171 Å². The molecule has 0 bridgehead atoms. The molecule has 0 N–H and O–H groups in total. The second-order valence-corrected chi connectivity index (χ2v) is 8.63. The fourth-order valence-electron chi connectivity index (χ4n) is 3.92. The number of hydrogen-bond donors (Lipinski definition) is 0. The van der Waals surface area contributed by atoms with Crippen LogP contribution in [0.5, 0.6) is 0 Å². The number of Topliss-reactive ketones (excluding diaryl/α,β-unsaturated/α-hetero) is 1. The van der Waals surface area contributed by atoms with E-state index in [-0.39, 0.29) is 18.1 Å². The number of esters is 1. The second-order valence-electron chi connectivity index (χ2n) is 7.85. The molecule has 1 aromatic carbocycles. The van der Waals surface area contributed by atoms with E-state index in [1.807, 2.05) is 61.4 Å². The van der Waals surface area contributed by atoms with Crippen molar-refractivity contribution in [2.75, 3.05) is 11.4 Å². The number of aryl methyl sites for hydroxylation is 1. The van der Waals surface area contributed by atoms with Gasteiger partial charge in [-0.3, -0.25) is 4.79 Å². The van der Waals surface area contributed by atoms with E-state index in [1.54, 1.807) is 11.3 Å². The highest BCUT2D eigenvalue weighted by molar-refractivity contribution is 7.07. The highest BCUT2D eigenvalue weighted by Gasteiger charge is 2.50. The van der Waals surface area contributed by atoms with Crippen LogP contribution < -0.4 is 4.90 Å². The van der Waals surface area contributed by atoms with E-state index in [1.165, 1.54) is 5.56 Å². The summed E-state index contributed by atoms with van der Waals surface area (Å²) in [6, 6.07) is 10.9. The SMILES string of the molecule is CCCN(c1ccccc1)C1C(=O)CC(CCc2ccsc2)(C(C)C)OC1=O. The molecule has 0 saturated carbocycles. The molecule has 2 aromatic rings. The van der Waals surface area contributed by atoms with Gasteiger partial charge in [0.2, 0.25) is 0 Å². The molecule has 0 spiro atoms. The average molecular weight is 400 g/mol. The lowest BCUT2D eigenvalue weighted by atomic mass is 9.77. The molecule has 150 valence electrons. The molecule has 2 heterocycles. The molecule has 5 heteroatoms. The van der Waals surface area contributed by atoms with Gasteiger partial charge in [0.15, 0.2) is 11.8 Å². The Kier molecular flexibility index (Phi) is 6.55. The molecule has 0 amide bonds. The van der Waals surface area contributed by atoms with Gasteiger partial charge in [-0.15, -0.1) is 0 Å². The molecule has 4 nitrogen and oxygen atoms in total. The number of anilines is 1. The number of hydrogen-bond acceptors (Lipinski definition) is 5. The Balaban J connectivity index is 1.82. The number of nitrogens with zero attached hydrogens (tertiary/aromatic N) is 1. The van der Waals surface area contributed by atoms with Crippen LogP contribution in [0.2, 0.25) is 0 Å². The summed E-state index contributed by atoms with van der Waals surface area (Å²) in [6.07, 6.45) is 2.60. The van der Waals surface area contributed by atoms with E-state index in [4.69, 9.17) is 4.74 Å². The monoisotopic (exact) mass is 399 g/mol. The predicted molar refractivity (Wildman–Crippen MR) is 114 cm³/mol. The maximum absolute atomic E-state index is 13.2. The summed E-state index contributed by atoms with van der Waals surface area (Å²) in [5.74, 6) is -0.364. The van der Waals surface area contributed by atoms with Crippen molar-refractivity contribution in [2.24, 2.45) is 5.92 Å². The van der Waals surface area contributed by atoms with Crippen molar-refractivity contribution in [3.05, 3.63) is 52.7 Å². The largest absolute Gasteiger partial charge is 0.456 e. The zero-order chi connectivity index (χ0) is 20.1. The first-order valence-electron chi connectivity index (χ1n) is 10.0. The Bertz CT molecular complexity index is 767. The van der Waals surface area contributed by atoms with Crippen LogP contribution in [0.3, 0.4) is 0 Å². The Morgan fingerprint density at radius 3 is 2.54 bits per heavy atom. The number of rotatable bonds is 8. The lowest BCUT2D eigenvalue weighted by Crippen LogP contribution is -2.59. The summed E-state index contributed by atoms with van der Waals surface area (Å²) in [7, 11) is 0. The minimum Gasteiger partial charge on any atom is -0.456 e. The van der Waals surface area contributed by atoms with Crippen LogP contribution in [0.4, 0.5) is 5.69 Å². The molecule has 1 aromatic heterocycles. The van der Waals surface area contributed by atoms with Crippen molar-refractivity contribution < 1.29 is 14.3 Å². The number of benzene rings is 1. The second kappa shape index (κ2) is 8.91. The summed E-state index contributed by atoms with van der Waals surface area (Å²) < 4.78 is 6.07. The molecule has 1 aliphatic rings. The van der Waals surface area contributed by atoms with Gasteiger partial charge in [0, 0.05) is 18.7 Å². The van der Waals surface area contributed by atoms with Gasteiger partial charge in [-0.1, -0.05) is 39.0 Å². The number of carbonyl (C=O) groups excluding carboxylic acids is 2. The van der Waals surface area contributed by atoms with E-state index in [0.29, 0.717) is 13.0 Å². The van der Waals surface area contributed by atoms with Gasteiger partial charge in [-0.2, -0.15) is 11.3 Å². The number of ketones is 1. The number of cyclic esters (lactones) is 1. The first-order chi connectivity index (χ1) is 13.5. The third-order valence-electron chi connectivity index (χ3n) is 5.64. The van der Waals surface area contributed by atoms with Crippen molar-refractivity contribution in [2.45, 2.75) is 58.1 Å². The number of thiophene rings is 1. The quantitative estimate of drug-likeness (QED) is 0.469. The third-order valence-corrected chi connectivity index (χ3v) is 6.37. The molecule has 2 unspecified atom stereocenters. The summed E-state index contributed by atoms with van der Waals surface area (Å²) in [5, 5.41) is 4.16. The van der Waals surface area contributed by atoms with Crippen LogP contribution in [-0.2, 0) is 20.7 Å². The molecule has 0 radical (unpaired) electrons. The number of ether oxygens (including phenoxy) is 1. The van der Waals surface area contributed by atoms with Crippen LogP contribution >= 0.6 is 11.3 Å². The fourth-order valence-corrected chi connectivity index (χ4v) is 4.63. The van der Waals surface area contributed by atoms with Gasteiger partial charge in [0.25, 0.3) is 0 Å². The van der Waals surface area contributed by atoms with E-state index in [2.05, 4.69) is 11.4 Å². The molecule has 1 aliphatic heterocycles. The van der Waals surface area contributed by atoms with E-state index >= 15 is 0 Å². The van der Waals surface area contributed by atoms with E-state index < -0.39 is 17.6 Å². The summed E-state index contributed by atoms with van der Waals surface area (Å²) >= 11 is 1.66. The van der Waals surface area contributed by atoms with Gasteiger partial charge in [-0.05, 0) is 59.7 Å². The van der Waals surface area contributed by atoms with Crippen LogP contribution in [0.25, 0.3) is 0 Å². The predicted octanol–water partition coefficient (Wildman–Crippen LogP) is 4.88. The highest BCUT2D eigenvalue weighted by Crippen LogP contribution is 2.37. The standard InChI is InChI=1S/C23H29NO3S/c1-4-13-24(19-8-6-5-7-9-19)21-20(25)15-23(17(2)3,27-22(21)26)12-10-18-11-14-28-16-18/h5-9,11,14,16-17,21H,4,10,12-13,15H2,1-3H3. The molecular formula is C23H29NO3S. The highest BCUT2D eigenvalue weighted by atomic mass is 32.1. The molecule has 28 heavy (non-hydrogen) atoms. The Hall–Kier alpha value is -2.14. The number of para-hydroxylation sites is 1. The zero-order valence-corrected chi connectivity index (χ0v) is 17.7. The molecule has 3 rings (SSSR count). The first-order valence-corrected chi connectivity index (χ1v) is 11.0. The van der Waals surface area contributed by atoms with Gasteiger partial charge in [0.05, 0.1) is 0 Å².